The number of hydrogen-bond acceptors (Lipinski definition) is 9. The van der Waals surface area contributed by atoms with Gasteiger partial charge in [-0.2, -0.15) is 0 Å². The molecule has 0 unspecified atom stereocenters. The largest absolute Gasteiger partial charge is 0.490 e. The summed E-state index contributed by atoms with van der Waals surface area (Å²) in [5, 5.41) is 9.93. The van der Waals surface area contributed by atoms with E-state index >= 15 is 0 Å². The summed E-state index contributed by atoms with van der Waals surface area (Å²) in [5.74, 6) is 2.75. The van der Waals surface area contributed by atoms with E-state index in [1.165, 1.54) is 10.4 Å². The van der Waals surface area contributed by atoms with E-state index in [0.717, 1.165) is 72.2 Å². The molecule has 45 heavy (non-hydrogen) atoms. The molecule has 0 atom stereocenters. The maximum Gasteiger partial charge on any atom is 0.410 e. The lowest BCUT2D eigenvalue weighted by Gasteiger charge is -2.51. The molecular formula is C34H38N6O4S. The number of rotatable bonds is 4. The molecule has 2 aliphatic heterocycles. The number of fused-ring (bicyclic) bond motifs is 3. The SMILES string of the molecule is Cc1sc2c(c1C)C(c1ccc(OC3CC4(CCN(C(=O)OC(C)(C)C)CC4)C3)cc1)=N/C(=C/c1ncco1)c1nnc(C)n1-2. The van der Waals surface area contributed by atoms with Gasteiger partial charge in [0.15, 0.2) is 5.82 Å². The molecule has 234 valence electrons. The molecule has 1 saturated carbocycles. The monoisotopic (exact) mass is 626 g/mol. The van der Waals surface area contributed by atoms with Crippen molar-refractivity contribution in [2.75, 3.05) is 13.1 Å². The van der Waals surface area contributed by atoms with Gasteiger partial charge >= 0.3 is 6.09 Å². The summed E-state index contributed by atoms with van der Waals surface area (Å²) in [4.78, 5) is 25.0. The van der Waals surface area contributed by atoms with Crippen LogP contribution in [-0.2, 0) is 4.74 Å². The lowest BCUT2D eigenvalue weighted by Crippen LogP contribution is -2.52. The van der Waals surface area contributed by atoms with Gasteiger partial charge in [-0.25, -0.2) is 14.8 Å². The number of nitrogens with zero attached hydrogens (tertiary/aromatic N) is 6. The minimum Gasteiger partial charge on any atom is -0.490 e. The molecule has 2 fully saturated rings. The molecule has 3 aromatic heterocycles. The minimum absolute atomic E-state index is 0.176. The highest BCUT2D eigenvalue weighted by molar-refractivity contribution is 7.15. The highest BCUT2D eigenvalue weighted by atomic mass is 32.1. The van der Waals surface area contributed by atoms with E-state index in [9.17, 15) is 4.79 Å². The van der Waals surface area contributed by atoms with Crippen molar-refractivity contribution in [3.8, 4) is 10.8 Å². The van der Waals surface area contributed by atoms with Gasteiger partial charge in [-0.05, 0) is 102 Å². The van der Waals surface area contributed by atoms with E-state index in [2.05, 4.69) is 45.7 Å². The first-order valence-electron chi connectivity index (χ1n) is 15.5. The van der Waals surface area contributed by atoms with Crippen LogP contribution in [-0.4, -0.2) is 61.2 Å². The van der Waals surface area contributed by atoms with Crippen LogP contribution in [0.1, 0.15) is 85.6 Å². The number of benzene rings is 1. The fourth-order valence-corrected chi connectivity index (χ4v) is 7.75. The van der Waals surface area contributed by atoms with E-state index in [1.54, 1.807) is 29.9 Å². The molecule has 1 amide bonds. The van der Waals surface area contributed by atoms with Crippen molar-refractivity contribution in [2.24, 2.45) is 10.4 Å². The van der Waals surface area contributed by atoms with Gasteiger partial charge in [-0.15, -0.1) is 21.5 Å². The van der Waals surface area contributed by atoms with Crippen molar-refractivity contribution in [2.45, 2.75) is 78.9 Å². The number of likely N-dealkylation sites (tertiary alicyclic amines) is 1. The fraction of sp³-hybridized carbons (Fsp3) is 0.441. The van der Waals surface area contributed by atoms with Crippen molar-refractivity contribution >= 4 is 34.9 Å². The number of ether oxygens (including phenoxy) is 2. The van der Waals surface area contributed by atoms with Crippen molar-refractivity contribution in [1.82, 2.24) is 24.6 Å². The summed E-state index contributed by atoms with van der Waals surface area (Å²) >= 11 is 1.72. The number of thiophene rings is 1. The highest BCUT2D eigenvalue weighted by Crippen LogP contribution is 2.50. The molecule has 3 aliphatic rings. The summed E-state index contributed by atoms with van der Waals surface area (Å²) in [6, 6.07) is 8.24. The summed E-state index contributed by atoms with van der Waals surface area (Å²) in [5.41, 5.74) is 4.52. The van der Waals surface area contributed by atoms with Crippen molar-refractivity contribution in [3.05, 3.63) is 75.8 Å². The number of carbonyl (C=O) groups excluding carboxylic acids is 1. The number of aliphatic imine (C=N–C) groups is 1. The molecule has 7 rings (SSSR count). The Labute approximate surface area is 266 Å². The van der Waals surface area contributed by atoms with E-state index < -0.39 is 5.60 Å². The molecule has 0 bridgehead atoms. The van der Waals surface area contributed by atoms with E-state index in [0.29, 0.717) is 17.4 Å². The molecule has 1 saturated heterocycles. The summed E-state index contributed by atoms with van der Waals surface area (Å²) in [7, 11) is 0. The van der Waals surface area contributed by atoms with Gasteiger partial charge in [0, 0.05) is 35.2 Å². The topological polar surface area (TPSA) is 108 Å². The molecule has 1 aromatic carbocycles. The van der Waals surface area contributed by atoms with Gasteiger partial charge < -0.3 is 18.8 Å². The van der Waals surface area contributed by atoms with Crippen LogP contribution in [0.3, 0.4) is 0 Å². The second-order valence-electron chi connectivity index (χ2n) is 13.4. The average molecular weight is 627 g/mol. The van der Waals surface area contributed by atoms with E-state index in [1.807, 2.05) is 44.7 Å². The number of aromatic nitrogens is 4. The molecule has 11 heteroatoms. The fourth-order valence-electron chi connectivity index (χ4n) is 6.54. The van der Waals surface area contributed by atoms with Crippen LogP contribution in [0, 0.1) is 26.2 Å². The smallest absolute Gasteiger partial charge is 0.410 e. The average Bonchev–Trinajstić information content (AvgIpc) is 3.68. The Balaban J connectivity index is 1.09. The third-order valence-electron chi connectivity index (χ3n) is 9.03. The zero-order valence-corrected chi connectivity index (χ0v) is 27.4. The van der Waals surface area contributed by atoms with Gasteiger partial charge in [0.25, 0.3) is 0 Å². The molecule has 0 radical (unpaired) electrons. The normalized spacial score (nSPS) is 18.7. The molecule has 4 aromatic rings. The van der Waals surface area contributed by atoms with E-state index in [4.69, 9.17) is 18.9 Å². The minimum atomic E-state index is -0.472. The van der Waals surface area contributed by atoms with Crippen molar-refractivity contribution in [3.63, 3.8) is 0 Å². The van der Waals surface area contributed by atoms with Crippen LogP contribution in [0.5, 0.6) is 5.75 Å². The van der Waals surface area contributed by atoms with Gasteiger partial charge in [-0.3, -0.25) is 4.57 Å². The van der Waals surface area contributed by atoms with E-state index in [-0.39, 0.29) is 17.6 Å². The Morgan fingerprint density at radius 1 is 1.09 bits per heavy atom. The van der Waals surface area contributed by atoms with Crippen molar-refractivity contribution < 1.29 is 18.7 Å². The lowest BCUT2D eigenvalue weighted by atomic mass is 9.61. The van der Waals surface area contributed by atoms with Crippen LogP contribution < -0.4 is 4.74 Å². The summed E-state index contributed by atoms with van der Waals surface area (Å²) < 4.78 is 19.6. The third-order valence-corrected chi connectivity index (χ3v) is 10.2. The Hall–Kier alpha value is -4.25. The van der Waals surface area contributed by atoms with Crippen LogP contribution in [0.25, 0.3) is 16.8 Å². The number of aryl methyl sites for hydroxylation is 2. The molecule has 1 spiro atoms. The number of carbonyl (C=O) groups is 1. The molecular weight excluding hydrogens is 588 g/mol. The Morgan fingerprint density at radius 2 is 1.82 bits per heavy atom. The molecule has 1 aliphatic carbocycles. The lowest BCUT2D eigenvalue weighted by molar-refractivity contribution is -0.0583. The Bertz CT molecular complexity index is 1790. The standard InChI is InChI=1S/C34H38N6O4S/c1-20-21(2)45-31-28(20)29(36-26(17-27-35-13-16-42-27)30-38-37-22(3)40(30)31)23-7-9-24(10-8-23)43-25-18-34(19-25)11-14-39(15-12-34)32(41)44-33(4,5)6/h7-10,13,16-17,25H,11-12,14-15,18-19H2,1-6H3/b26-17+. The summed E-state index contributed by atoms with van der Waals surface area (Å²) in [6.45, 7) is 13.4. The van der Waals surface area contributed by atoms with Crippen LogP contribution >= 0.6 is 11.3 Å². The second-order valence-corrected chi connectivity index (χ2v) is 14.6. The van der Waals surface area contributed by atoms with Crippen LogP contribution in [0.15, 0.2) is 46.1 Å². The maximum atomic E-state index is 12.5. The first-order chi connectivity index (χ1) is 21.5. The first kappa shape index (κ1) is 29.5. The van der Waals surface area contributed by atoms with Crippen LogP contribution in [0.4, 0.5) is 4.79 Å². The number of amides is 1. The molecule has 10 nitrogen and oxygen atoms in total. The summed E-state index contributed by atoms with van der Waals surface area (Å²) in [6.07, 6.45) is 8.93. The van der Waals surface area contributed by atoms with Crippen LogP contribution in [0.2, 0.25) is 0 Å². The highest BCUT2D eigenvalue weighted by Gasteiger charge is 2.48. The quantitative estimate of drug-likeness (QED) is 0.237. The predicted octanol–water partition coefficient (Wildman–Crippen LogP) is 7.15. The number of oxazole rings is 1. The first-order valence-corrected chi connectivity index (χ1v) is 16.3. The van der Waals surface area contributed by atoms with Gasteiger partial charge in [0.2, 0.25) is 5.89 Å². The number of piperidine rings is 1. The molecule has 5 heterocycles. The number of hydrogen-bond donors (Lipinski definition) is 0. The second kappa shape index (κ2) is 11.0. The zero-order chi connectivity index (χ0) is 31.5. The van der Waals surface area contributed by atoms with Gasteiger partial charge in [0.1, 0.15) is 34.1 Å². The zero-order valence-electron chi connectivity index (χ0n) is 26.6. The Kier molecular flexibility index (Phi) is 7.18. The van der Waals surface area contributed by atoms with Gasteiger partial charge in [0.05, 0.1) is 18.0 Å². The Morgan fingerprint density at radius 3 is 2.49 bits per heavy atom. The van der Waals surface area contributed by atoms with Crippen molar-refractivity contribution in [1.29, 1.82) is 0 Å². The maximum absolute atomic E-state index is 12.5. The third kappa shape index (κ3) is 5.58. The van der Waals surface area contributed by atoms with Gasteiger partial charge in [-0.1, -0.05) is 0 Å². The predicted molar refractivity (Wildman–Crippen MR) is 173 cm³/mol. The molecule has 0 N–H and O–H groups in total.